The molecule has 1 saturated heterocycles. The highest BCUT2D eigenvalue weighted by molar-refractivity contribution is 6.12. The van der Waals surface area contributed by atoms with E-state index in [-0.39, 0.29) is 67.9 Å². The van der Waals surface area contributed by atoms with E-state index in [1.807, 2.05) is 18.2 Å². The largest absolute Gasteiger partial charge is 0.351 e. The van der Waals surface area contributed by atoms with E-state index in [0.717, 1.165) is 5.56 Å². The van der Waals surface area contributed by atoms with Gasteiger partial charge in [-0.15, -0.1) is 0 Å². The van der Waals surface area contributed by atoms with Crippen LogP contribution >= 0.6 is 0 Å². The molecule has 0 unspecified atom stereocenters. The summed E-state index contributed by atoms with van der Waals surface area (Å²) >= 11 is 0. The van der Waals surface area contributed by atoms with Gasteiger partial charge in [-0.2, -0.15) is 5.26 Å². The molecular formula is C33H30F3N5O3. The first kappa shape index (κ1) is 29.4. The molecule has 1 aliphatic heterocycles. The second kappa shape index (κ2) is 11.4. The number of benzene rings is 2. The van der Waals surface area contributed by atoms with Crippen molar-refractivity contribution in [3.05, 3.63) is 89.4 Å². The number of halogens is 3. The van der Waals surface area contributed by atoms with Crippen molar-refractivity contribution in [3.63, 3.8) is 0 Å². The molecule has 2 heterocycles. The molecule has 226 valence electrons. The predicted octanol–water partition coefficient (Wildman–Crippen LogP) is 5.16. The number of alkyl halides is 2. The number of hydrogen-bond donors (Lipinski definition) is 1. The average Bonchev–Trinajstić information content (AvgIpc) is 3.60. The van der Waals surface area contributed by atoms with Crippen LogP contribution in [0.25, 0.3) is 0 Å². The van der Waals surface area contributed by atoms with E-state index in [1.165, 1.54) is 52.4 Å². The quantitative estimate of drug-likeness (QED) is 0.421. The Morgan fingerprint density at radius 2 is 1.77 bits per heavy atom. The van der Waals surface area contributed by atoms with Crippen molar-refractivity contribution in [2.45, 2.75) is 74.9 Å². The minimum absolute atomic E-state index is 0.0257. The van der Waals surface area contributed by atoms with Gasteiger partial charge in [0.25, 0.3) is 11.8 Å². The zero-order valence-electron chi connectivity index (χ0n) is 23.8. The smallest absolute Gasteiger partial charge is 0.251 e. The van der Waals surface area contributed by atoms with Crippen molar-refractivity contribution in [1.29, 1.82) is 5.26 Å². The number of nitrogens with zero attached hydrogens (tertiary/aromatic N) is 4. The second-order valence-electron chi connectivity index (χ2n) is 11.6. The molecule has 0 radical (unpaired) electrons. The number of amides is 3. The molecule has 1 saturated carbocycles. The number of carbonyl (C=O) groups is 3. The number of pyridine rings is 1. The van der Waals surface area contributed by atoms with Crippen LogP contribution in [-0.4, -0.2) is 40.7 Å². The zero-order chi connectivity index (χ0) is 31.1. The zero-order valence-corrected chi connectivity index (χ0v) is 23.8. The van der Waals surface area contributed by atoms with E-state index in [2.05, 4.69) is 10.3 Å². The van der Waals surface area contributed by atoms with Crippen LogP contribution < -0.4 is 15.1 Å². The summed E-state index contributed by atoms with van der Waals surface area (Å²) < 4.78 is 42.7. The number of rotatable bonds is 6. The van der Waals surface area contributed by atoms with Gasteiger partial charge in [-0.05, 0) is 73.6 Å². The molecule has 2 aromatic carbocycles. The maximum absolute atomic E-state index is 14.9. The lowest BCUT2D eigenvalue weighted by Gasteiger charge is -2.44. The Labute approximate surface area is 252 Å². The number of aryl methyl sites for hydroxylation is 1. The van der Waals surface area contributed by atoms with Crippen LogP contribution in [0.2, 0.25) is 0 Å². The molecule has 3 aliphatic rings. The molecule has 3 aromatic rings. The van der Waals surface area contributed by atoms with Crippen LogP contribution in [-0.2, 0) is 26.3 Å². The highest BCUT2D eigenvalue weighted by atomic mass is 19.3. The summed E-state index contributed by atoms with van der Waals surface area (Å²) in [5, 5.41) is 12.4. The molecule has 11 heteroatoms. The lowest BCUT2D eigenvalue weighted by atomic mass is 9.85. The molecule has 0 spiro atoms. The highest BCUT2D eigenvalue weighted by Gasteiger charge is 2.55. The first-order chi connectivity index (χ1) is 21.1. The summed E-state index contributed by atoms with van der Waals surface area (Å²) in [5.41, 5.74) is 0.101. The summed E-state index contributed by atoms with van der Waals surface area (Å²) in [4.78, 5) is 49.4. The molecule has 2 aliphatic carbocycles. The Morgan fingerprint density at radius 1 is 1.00 bits per heavy atom. The third kappa shape index (κ3) is 5.19. The fourth-order valence-electron chi connectivity index (χ4n) is 6.78. The van der Waals surface area contributed by atoms with Gasteiger partial charge in [-0.3, -0.25) is 24.2 Å². The molecule has 1 N–H and O–H groups in total. The van der Waals surface area contributed by atoms with Crippen LogP contribution in [0.15, 0.2) is 66.9 Å². The average molecular weight is 602 g/mol. The molecule has 0 bridgehead atoms. The molecule has 1 aromatic heterocycles. The van der Waals surface area contributed by atoms with Gasteiger partial charge in [0.15, 0.2) is 5.54 Å². The van der Waals surface area contributed by atoms with Gasteiger partial charge in [0.05, 0.1) is 11.6 Å². The number of fused-ring (bicyclic) bond motifs is 1. The van der Waals surface area contributed by atoms with Crippen LogP contribution in [0.5, 0.6) is 0 Å². The Hall–Kier alpha value is -4.72. The van der Waals surface area contributed by atoms with Crippen molar-refractivity contribution in [3.8, 4) is 6.07 Å². The summed E-state index contributed by atoms with van der Waals surface area (Å²) in [5.74, 6) is -4.84. The Kier molecular flexibility index (Phi) is 7.61. The second-order valence-corrected chi connectivity index (χ2v) is 11.6. The van der Waals surface area contributed by atoms with Gasteiger partial charge >= 0.3 is 0 Å². The molecule has 8 nitrogen and oxygen atoms in total. The van der Waals surface area contributed by atoms with E-state index in [1.54, 1.807) is 12.1 Å². The number of nitriles is 1. The fraction of sp³-hybridized carbons (Fsp3) is 0.364. The fourth-order valence-corrected chi connectivity index (χ4v) is 6.78. The first-order valence-corrected chi connectivity index (χ1v) is 14.7. The maximum atomic E-state index is 14.9. The number of anilines is 2. The molecule has 2 atom stereocenters. The van der Waals surface area contributed by atoms with Crippen LogP contribution in [0.4, 0.5) is 24.7 Å². The van der Waals surface area contributed by atoms with E-state index >= 15 is 0 Å². The van der Waals surface area contributed by atoms with Gasteiger partial charge in [0, 0.05) is 37.2 Å². The van der Waals surface area contributed by atoms with Gasteiger partial charge < -0.3 is 5.32 Å². The SMILES string of the molecule is N#Cc1ccnc(N2C(=O)CC[C@H]2C(=O)N(c2cccc(F)c2)[C@@]2(C(=O)NC3CCC(F)(F)CC3)CCc3ccccc32)c1. The molecular weight excluding hydrogens is 571 g/mol. The van der Waals surface area contributed by atoms with Crippen LogP contribution in [0.3, 0.4) is 0 Å². The van der Waals surface area contributed by atoms with Crippen molar-refractivity contribution in [2.75, 3.05) is 9.80 Å². The standard InChI is InChI=1S/C33H30F3N5O3/c34-23-5-3-6-25(19-23)41(30(43)27-8-9-29(42)40(27)28-18-21(20-37)13-17-38-28)33(16-10-22-4-1-2-7-26(22)33)31(44)39-24-11-14-32(35,36)15-12-24/h1-7,13,17-19,24,27H,8-12,14-16H2,(H,39,44)/t27-,33-/m0/s1. The Balaban J connectivity index is 1.47. The summed E-state index contributed by atoms with van der Waals surface area (Å²) in [6.07, 6.45) is 1.55. The lowest BCUT2D eigenvalue weighted by molar-refractivity contribution is -0.132. The molecule has 6 rings (SSSR count). The van der Waals surface area contributed by atoms with Crippen LogP contribution in [0, 0.1) is 17.1 Å². The number of carbonyl (C=O) groups excluding carboxylic acids is 3. The van der Waals surface area contributed by atoms with Gasteiger partial charge in [0.2, 0.25) is 11.8 Å². The topological polar surface area (TPSA) is 106 Å². The van der Waals surface area contributed by atoms with Gasteiger partial charge in [-0.25, -0.2) is 18.2 Å². The van der Waals surface area contributed by atoms with E-state index < -0.39 is 41.2 Å². The highest BCUT2D eigenvalue weighted by Crippen LogP contribution is 2.46. The summed E-state index contributed by atoms with van der Waals surface area (Å²) in [7, 11) is 0. The molecule has 2 fully saturated rings. The predicted molar refractivity (Wildman–Crippen MR) is 155 cm³/mol. The van der Waals surface area contributed by atoms with Crippen molar-refractivity contribution >= 4 is 29.2 Å². The third-order valence-corrected chi connectivity index (χ3v) is 8.93. The lowest BCUT2D eigenvalue weighted by Crippen LogP contribution is -2.62. The Bertz CT molecular complexity index is 1660. The van der Waals surface area contributed by atoms with Crippen LogP contribution in [0.1, 0.15) is 61.6 Å². The van der Waals surface area contributed by atoms with Gasteiger partial charge in [0.1, 0.15) is 17.7 Å². The number of nitrogens with one attached hydrogen (secondary N) is 1. The number of hydrogen-bond acceptors (Lipinski definition) is 5. The van der Waals surface area contributed by atoms with E-state index in [4.69, 9.17) is 0 Å². The van der Waals surface area contributed by atoms with Crippen molar-refractivity contribution in [2.24, 2.45) is 0 Å². The van der Waals surface area contributed by atoms with E-state index in [9.17, 15) is 32.8 Å². The normalized spacial score (nSPS) is 22.7. The minimum Gasteiger partial charge on any atom is -0.351 e. The van der Waals surface area contributed by atoms with Crippen molar-refractivity contribution < 1.29 is 27.6 Å². The Morgan fingerprint density at radius 3 is 2.52 bits per heavy atom. The van der Waals surface area contributed by atoms with E-state index in [0.29, 0.717) is 12.0 Å². The summed E-state index contributed by atoms with van der Waals surface area (Å²) in [6, 6.07) is 15.9. The minimum atomic E-state index is -2.79. The number of aromatic nitrogens is 1. The molecule has 3 amide bonds. The van der Waals surface area contributed by atoms with Crippen molar-refractivity contribution in [1.82, 2.24) is 10.3 Å². The maximum Gasteiger partial charge on any atom is 0.251 e. The monoisotopic (exact) mass is 601 g/mol. The molecule has 44 heavy (non-hydrogen) atoms. The third-order valence-electron chi connectivity index (χ3n) is 8.93. The first-order valence-electron chi connectivity index (χ1n) is 14.7. The summed E-state index contributed by atoms with van der Waals surface area (Å²) in [6.45, 7) is 0. The van der Waals surface area contributed by atoms with Gasteiger partial charge in [-0.1, -0.05) is 30.3 Å².